The fourth-order valence-corrected chi connectivity index (χ4v) is 3.05. The van der Waals surface area contributed by atoms with Gasteiger partial charge in [0, 0.05) is 0 Å². The summed E-state index contributed by atoms with van der Waals surface area (Å²) in [5, 5.41) is 11.3. The van der Waals surface area contributed by atoms with E-state index in [2.05, 4.69) is 5.32 Å². The summed E-state index contributed by atoms with van der Waals surface area (Å²) in [7, 11) is 0. The van der Waals surface area contributed by atoms with Crippen molar-refractivity contribution >= 4 is 23.6 Å². The number of carboxylic acid groups (broad SMARTS) is 1. The number of fused-ring (bicyclic) bond motifs is 2. The Labute approximate surface area is 131 Å². The third-order valence-corrected chi connectivity index (χ3v) is 4.32. The van der Waals surface area contributed by atoms with Crippen molar-refractivity contribution in [3.8, 4) is 11.5 Å². The van der Waals surface area contributed by atoms with Gasteiger partial charge in [-0.05, 0) is 31.2 Å². The SMILES string of the molecule is C[C@H](NC(=O)c1cccc2c1Oc1ccccc1S2)C(=O)O. The van der Waals surface area contributed by atoms with E-state index in [9.17, 15) is 9.59 Å². The molecule has 0 spiro atoms. The Hall–Kier alpha value is -2.47. The molecule has 0 aliphatic carbocycles. The zero-order valence-corrected chi connectivity index (χ0v) is 12.5. The molecule has 2 N–H and O–H groups in total. The van der Waals surface area contributed by atoms with Gasteiger partial charge in [-0.3, -0.25) is 9.59 Å². The number of ether oxygens (including phenoxy) is 1. The lowest BCUT2D eigenvalue weighted by Gasteiger charge is -2.21. The molecule has 0 unspecified atom stereocenters. The van der Waals surface area contributed by atoms with Crippen LogP contribution in [-0.4, -0.2) is 23.0 Å². The number of rotatable bonds is 3. The van der Waals surface area contributed by atoms with E-state index < -0.39 is 17.9 Å². The minimum atomic E-state index is -1.08. The minimum absolute atomic E-state index is 0.326. The first-order chi connectivity index (χ1) is 10.6. The number of para-hydroxylation sites is 2. The normalized spacial score (nSPS) is 13.3. The molecule has 0 fully saturated rings. The van der Waals surface area contributed by atoms with Crippen LogP contribution in [-0.2, 0) is 4.79 Å². The van der Waals surface area contributed by atoms with Crippen LogP contribution in [0.4, 0.5) is 0 Å². The number of aliphatic carboxylic acids is 1. The molecule has 6 heteroatoms. The largest absolute Gasteiger partial charge is 0.480 e. The van der Waals surface area contributed by atoms with E-state index in [0.717, 1.165) is 9.79 Å². The Morgan fingerprint density at radius 2 is 1.86 bits per heavy atom. The lowest BCUT2D eigenvalue weighted by molar-refractivity contribution is -0.138. The van der Waals surface area contributed by atoms with E-state index in [4.69, 9.17) is 9.84 Å². The van der Waals surface area contributed by atoms with Crippen LogP contribution in [0.2, 0.25) is 0 Å². The molecule has 1 aliphatic rings. The van der Waals surface area contributed by atoms with E-state index >= 15 is 0 Å². The molecule has 112 valence electrons. The first kappa shape index (κ1) is 14.5. The summed E-state index contributed by atoms with van der Waals surface area (Å²) in [5.74, 6) is -0.404. The molecule has 1 atom stereocenters. The second-order valence-electron chi connectivity index (χ2n) is 4.82. The Morgan fingerprint density at radius 3 is 2.64 bits per heavy atom. The van der Waals surface area contributed by atoms with E-state index in [1.54, 1.807) is 12.1 Å². The number of amides is 1. The summed E-state index contributed by atoms with van der Waals surface area (Å²) in [4.78, 5) is 25.0. The highest BCUT2D eigenvalue weighted by atomic mass is 32.2. The number of nitrogens with one attached hydrogen (secondary N) is 1. The maximum Gasteiger partial charge on any atom is 0.325 e. The van der Waals surface area contributed by atoms with Crippen molar-refractivity contribution in [3.05, 3.63) is 48.0 Å². The van der Waals surface area contributed by atoms with Crippen molar-refractivity contribution in [1.82, 2.24) is 5.32 Å². The van der Waals surface area contributed by atoms with Crippen LogP contribution in [0.25, 0.3) is 0 Å². The predicted octanol–water partition coefficient (Wildman–Crippen LogP) is 3.15. The molecule has 3 rings (SSSR count). The molecule has 2 aromatic rings. The Morgan fingerprint density at radius 1 is 1.14 bits per heavy atom. The summed E-state index contributed by atoms with van der Waals surface area (Å²) in [6.07, 6.45) is 0. The number of carbonyl (C=O) groups excluding carboxylic acids is 1. The second-order valence-corrected chi connectivity index (χ2v) is 5.90. The van der Waals surface area contributed by atoms with Crippen LogP contribution >= 0.6 is 11.8 Å². The van der Waals surface area contributed by atoms with Crippen molar-refractivity contribution in [2.24, 2.45) is 0 Å². The van der Waals surface area contributed by atoms with Crippen molar-refractivity contribution in [3.63, 3.8) is 0 Å². The fourth-order valence-electron chi connectivity index (χ4n) is 2.06. The molecule has 2 aromatic carbocycles. The maximum atomic E-state index is 12.3. The van der Waals surface area contributed by atoms with E-state index in [-0.39, 0.29) is 0 Å². The Bertz CT molecular complexity index is 760. The second kappa shape index (κ2) is 5.73. The zero-order valence-electron chi connectivity index (χ0n) is 11.7. The molecule has 1 aliphatic heterocycles. The number of hydrogen-bond donors (Lipinski definition) is 2. The number of hydrogen-bond acceptors (Lipinski definition) is 4. The van der Waals surface area contributed by atoms with Crippen LogP contribution < -0.4 is 10.1 Å². The van der Waals surface area contributed by atoms with Crippen LogP contribution in [0.5, 0.6) is 11.5 Å². The van der Waals surface area contributed by atoms with Gasteiger partial charge in [0.05, 0.1) is 15.4 Å². The number of benzene rings is 2. The van der Waals surface area contributed by atoms with Gasteiger partial charge in [0.15, 0.2) is 5.75 Å². The van der Waals surface area contributed by atoms with Crippen molar-refractivity contribution < 1.29 is 19.4 Å². The van der Waals surface area contributed by atoms with Gasteiger partial charge in [0.1, 0.15) is 11.8 Å². The Balaban J connectivity index is 1.93. The van der Waals surface area contributed by atoms with Crippen LogP contribution in [0.15, 0.2) is 52.3 Å². The van der Waals surface area contributed by atoms with Gasteiger partial charge in [0.25, 0.3) is 5.91 Å². The summed E-state index contributed by atoms with van der Waals surface area (Å²) in [6.45, 7) is 1.42. The summed E-state index contributed by atoms with van der Waals surface area (Å²) < 4.78 is 5.84. The first-order valence-electron chi connectivity index (χ1n) is 6.67. The van der Waals surface area contributed by atoms with Gasteiger partial charge in [0.2, 0.25) is 0 Å². The monoisotopic (exact) mass is 315 g/mol. The summed E-state index contributed by atoms with van der Waals surface area (Å²) in [5.41, 5.74) is 0.326. The van der Waals surface area contributed by atoms with Gasteiger partial charge >= 0.3 is 5.97 Å². The standard InChI is InChI=1S/C16H13NO4S/c1-9(16(19)20)17-15(18)10-5-4-8-13-14(10)21-11-6-2-3-7-12(11)22-13/h2-9H,1H3,(H,17,18)(H,19,20)/t9-/m0/s1. The predicted molar refractivity (Wildman–Crippen MR) is 81.6 cm³/mol. The van der Waals surface area contributed by atoms with E-state index in [1.165, 1.54) is 18.7 Å². The summed E-state index contributed by atoms with van der Waals surface area (Å²) >= 11 is 1.52. The average Bonchev–Trinajstić information content (AvgIpc) is 2.52. The zero-order chi connectivity index (χ0) is 15.7. The molecule has 0 saturated heterocycles. The highest BCUT2D eigenvalue weighted by Crippen LogP contribution is 2.48. The van der Waals surface area contributed by atoms with E-state index in [1.807, 2.05) is 30.3 Å². The molecule has 0 aromatic heterocycles. The van der Waals surface area contributed by atoms with Crippen molar-refractivity contribution in [2.75, 3.05) is 0 Å². The number of carboxylic acids is 1. The minimum Gasteiger partial charge on any atom is -0.480 e. The van der Waals surface area contributed by atoms with Crippen molar-refractivity contribution in [2.45, 2.75) is 22.8 Å². The molecular formula is C16H13NO4S. The van der Waals surface area contributed by atoms with Crippen LogP contribution in [0, 0.1) is 0 Å². The first-order valence-corrected chi connectivity index (χ1v) is 7.49. The third-order valence-electron chi connectivity index (χ3n) is 3.22. The molecule has 22 heavy (non-hydrogen) atoms. The topological polar surface area (TPSA) is 75.6 Å². The van der Waals surface area contributed by atoms with Crippen LogP contribution in [0.3, 0.4) is 0 Å². The average molecular weight is 315 g/mol. The molecule has 0 radical (unpaired) electrons. The van der Waals surface area contributed by atoms with E-state index in [0.29, 0.717) is 17.1 Å². The van der Waals surface area contributed by atoms with Gasteiger partial charge in [-0.15, -0.1) is 0 Å². The Kier molecular flexibility index (Phi) is 3.77. The number of carbonyl (C=O) groups is 2. The lowest BCUT2D eigenvalue weighted by Crippen LogP contribution is -2.38. The van der Waals surface area contributed by atoms with Crippen LogP contribution in [0.1, 0.15) is 17.3 Å². The molecule has 1 heterocycles. The third kappa shape index (κ3) is 2.65. The summed E-state index contributed by atoms with van der Waals surface area (Å²) in [6, 6.07) is 11.8. The van der Waals surface area contributed by atoms with Crippen molar-refractivity contribution in [1.29, 1.82) is 0 Å². The molecule has 5 nitrogen and oxygen atoms in total. The highest BCUT2D eigenvalue weighted by Gasteiger charge is 2.24. The molecule has 0 bridgehead atoms. The molecule has 1 amide bonds. The quantitative estimate of drug-likeness (QED) is 0.776. The van der Waals surface area contributed by atoms with Gasteiger partial charge in [-0.1, -0.05) is 30.0 Å². The smallest absolute Gasteiger partial charge is 0.325 e. The highest BCUT2D eigenvalue weighted by molar-refractivity contribution is 7.99. The lowest BCUT2D eigenvalue weighted by atomic mass is 10.1. The molecule has 0 saturated carbocycles. The van der Waals surface area contributed by atoms with Gasteiger partial charge < -0.3 is 15.2 Å². The van der Waals surface area contributed by atoms with Gasteiger partial charge in [-0.2, -0.15) is 0 Å². The maximum absolute atomic E-state index is 12.3. The molecular weight excluding hydrogens is 302 g/mol. The van der Waals surface area contributed by atoms with Gasteiger partial charge in [-0.25, -0.2) is 0 Å². The fraction of sp³-hybridized carbons (Fsp3) is 0.125.